The Hall–Kier alpha value is -2.41. The van der Waals surface area contributed by atoms with Gasteiger partial charge in [-0.25, -0.2) is 0 Å². The van der Waals surface area contributed by atoms with Crippen LogP contribution in [-0.2, 0) is 6.61 Å². The van der Waals surface area contributed by atoms with Crippen molar-refractivity contribution in [1.82, 2.24) is 15.0 Å². The molecule has 0 amide bonds. The number of rotatable bonds is 5. The number of ether oxygens (including phenoxy) is 1. The predicted octanol–water partition coefficient (Wildman–Crippen LogP) is 5.48. The SMILES string of the molecule is CC1(C)CCCC(C)(C)N1c1nc(OCc2ccccc2)nc(N2C(C)(C)CC(N)CC2(C)C)n1. The fourth-order valence-corrected chi connectivity index (χ4v) is 6.76. The van der Waals surface area contributed by atoms with Crippen molar-refractivity contribution >= 4 is 11.9 Å². The van der Waals surface area contributed by atoms with Gasteiger partial charge >= 0.3 is 6.01 Å². The highest BCUT2D eigenvalue weighted by atomic mass is 16.5. The van der Waals surface area contributed by atoms with Crippen molar-refractivity contribution in [2.24, 2.45) is 5.73 Å². The molecule has 7 heteroatoms. The highest BCUT2D eigenvalue weighted by Crippen LogP contribution is 2.44. The van der Waals surface area contributed by atoms with Crippen molar-refractivity contribution < 1.29 is 4.74 Å². The first-order valence-electron chi connectivity index (χ1n) is 13.0. The molecule has 2 N–H and O–H groups in total. The molecule has 0 atom stereocenters. The van der Waals surface area contributed by atoms with Gasteiger partial charge < -0.3 is 20.3 Å². The van der Waals surface area contributed by atoms with Gasteiger partial charge in [-0.2, -0.15) is 15.0 Å². The van der Waals surface area contributed by atoms with Crippen LogP contribution in [0.15, 0.2) is 30.3 Å². The van der Waals surface area contributed by atoms with E-state index in [1.165, 1.54) is 6.42 Å². The van der Waals surface area contributed by atoms with E-state index in [2.05, 4.69) is 77.3 Å². The largest absolute Gasteiger partial charge is 0.458 e. The lowest BCUT2D eigenvalue weighted by Crippen LogP contribution is -2.64. The molecule has 0 radical (unpaired) electrons. The summed E-state index contributed by atoms with van der Waals surface area (Å²) in [6.07, 6.45) is 5.12. The Labute approximate surface area is 211 Å². The number of anilines is 2. The summed E-state index contributed by atoms with van der Waals surface area (Å²) in [4.78, 5) is 19.7. The number of piperidine rings is 2. The molecule has 35 heavy (non-hydrogen) atoms. The Morgan fingerprint density at radius 1 is 0.771 bits per heavy atom. The molecule has 2 fully saturated rings. The van der Waals surface area contributed by atoms with Gasteiger partial charge in [-0.1, -0.05) is 30.3 Å². The maximum atomic E-state index is 6.47. The van der Waals surface area contributed by atoms with E-state index in [-0.39, 0.29) is 28.2 Å². The fourth-order valence-electron chi connectivity index (χ4n) is 6.76. The molecule has 1 aromatic heterocycles. The van der Waals surface area contributed by atoms with Crippen molar-refractivity contribution in [3.8, 4) is 6.01 Å². The summed E-state index contributed by atoms with van der Waals surface area (Å²) in [5, 5.41) is 0. The van der Waals surface area contributed by atoms with Gasteiger partial charge in [0, 0.05) is 28.2 Å². The van der Waals surface area contributed by atoms with Gasteiger partial charge in [-0.3, -0.25) is 0 Å². The Morgan fingerprint density at radius 2 is 1.26 bits per heavy atom. The van der Waals surface area contributed by atoms with Crippen LogP contribution in [0.2, 0.25) is 0 Å². The van der Waals surface area contributed by atoms with E-state index in [1.807, 2.05) is 18.2 Å². The molecule has 0 bridgehead atoms. The zero-order valence-electron chi connectivity index (χ0n) is 22.9. The molecule has 2 aromatic rings. The third-order valence-corrected chi connectivity index (χ3v) is 7.72. The number of nitrogens with zero attached hydrogens (tertiary/aromatic N) is 5. The zero-order chi connectivity index (χ0) is 25.6. The van der Waals surface area contributed by atoms with E-state index < -0.39 is 0 Å². The van der Waals surface area contributed by atoms with Crippen molar-refractivity contribution in [3.05, 3.63) is 35.9 Å². The molecule has 2 aliphatic heterocycles. The topological polar surface area (TPSA) is 80.4 Å². The lowest BCUT2D eigenvalue weighted by molar-refractivity contribution is 0.212. The normalized spacial score (nSPS) is 23.2. The second kappa shape index (κ2) is 8.91. The molecule has 2 aliphatic rings. The molecule has 0 unspecified atom stereocenters. The number of nitrogens with two attached hydrogens (primary N) is 1. The maximum Gasteiger partial charge on any atom is 0.323 e. The van der Waals surface area contributed by atoms with Crippen LogP contribution in [0.5, 0.6) is 6.01 Å². The van der Waals surface area contributed by atoms with Crippen LogP contribution in [0.4, 0.5) is 11.9 Å². The summed E-state index contributed by atoms with van der Waals surface area (Å²) >= 11 is 0. The van der Waals surface area contributed by atoms with Gasteiger partial charge in [0.2, 0.25) is 11.9 Å². The van der Waals surface area contributed by atoms with Gasteiger partial charge in [-0.15, -0.1) is 0 Å². The minimum atomic E-state index is -0.205. The van der Waals surface area contributed by atoms with Crippen LogP contribution in [0.1, 0.15) is 93.1 Å². The lowest BCUT2D eigenvalue weighted by Gasteiger charge is -2.55. The van der Waals surface area contributed by atoms with E-state index >= 15 is 0 Å². The third kappa shape index (κ3) is 5.25. The Kier molecular flexibility index (Phi) is 6.54. The van der Waals surface area contributed by atoms with Crippen molar-refractivity contribution in [2.75, 3.05) is 9.80 Å². The molecule has 2 saturated heterocycles. The van der Waals surface area contributed by atoms with E-state index in [0.717, 1.165) is 31.2 Å². The molecular formula is C28H44N6O. The number of hydrogen-bond donors (Lipinski definition) is 1. The maximum absolute atomic E-state index is 6.47. The van der Waals surface area contributed by atoms with Crippen LogP contribution in [0, 0.1) is 0 Å². The first-order valence-corrected chi connectivity index (χ1v) is 13.0. The third-order valence-electron chi connectivity index (χ3n) is 7.72. The molecular weight excluding hydrogens is 436 g/mol. The number of hydrogen-bond acceptors (Lipinski definition) is 7. The first-order chi connectivity index (χ1) is 16.2. The Bertz CT molecular complexity index is 999. The minimum Gasteiger partial charge on any atom is -0.458 e. The summed E-state index contributed by atoms with van der Waals surface area (Å²) in [6, 6.07) is 10.7. The standard InChI is InChI=1S/C28H44N6O/c1-25(2)15-12-16-26(3,4)33(25)22-30-23(34-27(5,6)17-21(29)18-28(34,7)8)32-24(31-22)35-19-20-13-10-9-11-14-20/h9-11,13-14,21H,12,15-19,29H2,1-8H3. The summed E-state index contributed by atoms with van der Waals surface area (Å²) in [7, 11) is 0. The summed E-state index contributed by atoms with van der Waals surface area (Å²) in [5.74, 6) is 1.35. The summed E-state index contributed by atoms with van der Waals surface area (Å²) < 4.78 is 6.21. The minimum absolute atomic E-state index is 0.0770. The average molecular weight is 481 g/mol. The lowest BCUT2D eigenvalue weighted by atomic mass is 9.77. The zero-order valence-corrected chi connectivity index (χ0v) is 22.9. The quantitative estimate of drug-likeness (QED) is 0.607. The van der Waals surface area contributed by atoms with E-state index in [4.69, 9.17) is 25.4 Å². The van der Waals surface area contributed by atoms with Gasteiger partial charge in [0.15, 0.2) is 0 Å². The molecule has 0 saturated carbocycles. The van der Waals surface area contributed by atoms with Crippen LogP contribution in [0.3, 0.4) is 0 Å². The molecule has 3 heterocycles. The fraction of sp³-hybridized carbons (Fsp3) is 0.679. The number of aromatic nitrogens is 3. The molecule has 1 aromatic carbocycles. The molecule has 0 aliphatic carbocycles. The highest BCUT2D eigenvalue weighted by Gasteiger charge is 2.47. The molecule has 7 nitrogen and oxygen atoms in total. The smallest absolute Gasteiger partial charge is 0.323 e. The molecule has 4 rings (SSSR count). The number of benzene rings is 1. The van der Waals surface area contributed by atoms with E-state index in [9.17, 15) is 0 Å². The van der Waals surface area contributed by atoms with Crippen LogP contribution in [0.25, 0.3) is 0 Å². The van der Waals surface area contributed by atoms with Crippen molar-refractivity contribution in [2.45, 2.75) is 122 Å². The Balaban J connectivity index is 1.81. The van der Waals surface area contributed by atoms with Gasteiger partial charge in [0.1, 0.15) is 6.61 Å². The first kappa shape index (κ1) is 25.7. The van der Waals surface area contributed by atoms with Crippen LogP contribution >= 0.6 is 0 Å². The highest BCUT2D eigenvalue weighted by molar-refractivity contribution is 5.49. The average Bonchev–Trinajstić information content (AvgIpc) is 2.69. The van der Waals surface area contributed by atoms with Gasteiger partial charge in [-0.05, 0) is 93.1 Å². The van der Waals surface area contributed by atoms with Crippen LogP contribution < -0.4 is 20.3 Å². The van der Waals surface area contributed by atoms with Crippen molar-refractivity contribution in [1.29, 1.82) is 0 Å². The van der Waals surface area contributed by atoms with Crippen LogP contribution in [-0.4, -0.2) is 43.1 Å². The molecule has 0 spiro atoms. The van der Waals surface area contributed by atoms with E-state index in [0.29, 0.717) is 24.5 Å². The predicted molar refractivity (Wildman–Crippen MR) is 143 cm³/mol. The summed E-state index contributed by atoms with van der Waals surface area (Å²) in [6.45, 7) is 18.5. The van der Waals surface area contributed by atoms with Gasteiger partial charge in [0.05, 0.1) is 0 Å². The molecule has 192 valence electrons. The van der Waals surface area contributed by atoms with Gasteiger partial charge in [0.25, 0.3) is 0 Å². The van der Waals surface area contributed by atoms with E-state index in [1.54, 1.807) is 0 Å². The Morgan fingerprint density at radius 3 is 1.77 bits per heavy atom. The second-order valence-electron chi connectivity index (χ2n) is 12.9. The van der Waals surface area contributed by atoms with Crippen molar-refractivity contribution in [3.63, 3.8) is 0 Å². The monoisotopic (exact) mass is 480 g/mol. The second-order valence-corrected chi connectivity index (χ2v) is 12.9. The summed E-state index contributed by atoms with van der Waals surface area (Å²) in [5.41, 5.74) is 6.99.